The first-order valence-electron chi connectivity index (χ1n) is 22.6. The topological polar surface area (TPSA) is 61.7 Å². The average molecular weight is 857 g/mol. The Kier molecular flexibility index (Phi) is 11.1. The Hall–Kier alpha value is -8.99. The van der Waals surface area contributed by atoms with Gasteiger partial charge in [-0.3, -0.25) is 5.41 Å². The number of hydrogen-bond donors (Lipinski definition) is 2. The van der Waals surface area contributed by atoms with E-state index in [0.29, 0.717) is 11.5 Å². The van der Waals surface area contributed by atoms with E-state index in [1.807, 2.05) is 72.8 Å². The van der Waals surface area contributed by atoms with Crippen LogP contribution in [0.5, 0.6) is 0 Å². The lowest BCUT2D eigenvalue weighted by atomic mass is 9.86. The summed E-state index contributed by atoms with van der Waals surface area (Å²) < 4.78 is 0. The Morgan fingerprint density at radius 1 is 0.343 bits per heavy atom. The number of nitrogens with zero attached hydrogens (tertiary/aromatic N) is 2. The molecule has 1 aliphatic rings. The SMILES string of the molecule is N=C(/C(=C1\NC(c2ccccc2)=Cc2ccc(-c3ccc(-c4cc(-c5cc(-c6ccccc6)cc(-c6ccccc6)c5)nc(-c5ccccc5)n4)cc3)cc21)c1ccccc1)c1ccccc1. The van der Waals surface area contributed by atoms with E-state index in [1.165, 1.54) is 0 Å². The zero-order valence-electron chi connectivity index (χ0n) is 36.6. The summed E-state index contributed by atoms with van der Waals surface area (Å²) in [6.07, 6.45) is 2.21. The minimum Gasteiger partial charge on any atom is -0.354 e. The van der Waals surface area contributed by atoms with E-state index in [9.17, 15) is 5.41 Å². The number of fused-ring (bicyclic) bond motifs is 1. The van der Waals surface area contributed by atoms with Crippen LogP contribution in [0.1, 0.15) is 27.8 Å². The van der Waals surface area contributed by atoms with Gasteiger partial charge in [0.25, 0.3) is 0 Å². The molecule has 10 aromatic rings. The fourth-order valence-electron chi connectivity index (χ4n) is 8.87. The molecule has 0 radical (unpaired) electrons. The van der Waals surface area contributed by atoms with Crippen LogP contribution in [0.15, 0.2) is 249 Å². The van der Waals surface area contributed by atoms with Gasteiger partial charge in [-0.1, -0.05) is 218 Å². The highest BCUT2D eigenvalue weighted by Gasteiger charge is 2.24. The van der Waals surface area contributed by atoms with Crippen LogP contribution < -0.4 is 5.32 Å². The van der Waals surface area contributed by atoms with Gasteiger partial charge in [-0.2, -0.15) is 0 Å². The van der Waals surface area contributed by atoms with E-state index in [0.717, 1.165) is 106 Å². The summed E-state index contributed by atoms with van der Waals surface area (Å²) in [6, 6.07) is 86.1. The fraction of sp³-hybridized carbons (Fsp3) is 0. The molecule has 1 aliphatic heterocycles. The highest BCUT2D eigenvalue weighted by atomic mass is 14.9. The van der Waals surface area contributed by atoms with Crippen molar-refractivity contribution in [2.75, 3.05) is 0 Å². The first-order valence-corrected chi connectivity index (χ1v) is 22.6. The molecule has 316 valence electrons. The van der Waals surface area contributed by atoms with Gasteiger partial charge in [0.1, 0.15) is 0 Å². The Morgan fingerprint density at radius 2 is 0.776 bits per heavy atom. The highest BCUT2D eigenvalue weighted by Crippen LogP contribution is 2.39. The zero-order chi connectivity index (χ0) is 44.9. The van der Waals surface area contributed by atoms with Gasteiger partial charge in [0.15, 0.2) is 5.82 Å². The molecule has 0 unspecified atom stereocenters. The van der Waals surface area contributed by atoms with Crippen molar-refractivity contribution in [2.24, 2.45) is 0 Å². The van der Waals surface area contributed by atoms with Crippen LogP contribution >= 0.6 is 0 Å². The van der Waals surface area contributed by atoms with E-state index >= 15 is 0 Å². The maximum absolute atomic E-state index is 9.71. The van der Waals surface area contributed by atoms with Gasteiger partial charge in [-0.25, -0.2) is 9.97 Å². The van der Waals surface area contributed by atoms with Gasteiger partial charge in [-0.05, 0) is 86.5 Å². The van der Waals surface area contributed by atoms with Crippen LogP contribution in [-0.4, -0.2) is 15.7 Å². The largest absolute Gasteiger partial charge is 0.354 e. The number of hydrogen-bond acceptors (Lipinski definition) is 4. The molecular weight excluding hydrogens is 813 g/mol. The summed E-state index contributed by atoms with van der Waals surface area (Å²) in [5, 5.41) is 13.5. The number of allylic oxidation sites excluding steroid dienone is 1. The molecule has 2 N–H and O–H groups in total. The maximum atomic E-state index is 9.71. The molecule has 0 bridgehead atoms. The van der Waals surface area contributed by atoms with Crippen LogP contribution in [0, 0.1) is 5.41 Å². The van der Waals surface area contributed by atoms with Crippen molar-refractivity contribution >= 4 is 28.8 Å². The molecule has 9 aromatic carbocycles. The molecule has 0 atom stereocenters. The van der Waals surface area contributed by atoms with E-state index in [-0.39, 0.29) is 0 Å². The third kappa shape index (κ3) is 8.55. The Morgan fingerprint density at radius 3 is 1.34 bits per heavy atom. The normalized spacial score (nSPS) is 12.6. The Balaban J connectivity index is 1.02. The third-order valence-electron chi connectivity index (χ3n) is 12.3. The summed E-state index contributed by atoms with van der Waals surface area (Å²) in [5.41, 5.74) is 19.5. The molecule has 11 rings (SSSR count). The van der Waals surface area contributed by atoms with Crippen LogP contribution in [-0.2, 0) is 0 Å². The summed E-state index contributed by atoms with van der Waals surface area (Å²) in [7, 11) is 0. The molecule has 4 heteroatoms. The van der Waals surface area contributed by atoms with Crippen molar-refractivity contribution in [1.29, 1.82) is 5.41 Å². The first-order chi connectivity index (χ1) is 33.1. The summed E-state index contributed by atoms with van der Waals surface area (Å²) in [4.78, 5) is 10.4. The lowest BCUT2D eigenvalue weighted by Gasteiger charge is -2.27. The van der Waals surface area contributed by atoms with E-state index in [2.05, 4.69) is 187 Å². The van der Waals surface area contributed by atoms with Gasteiger partial charge in [0, 0.05) is 39.1 Å². The Labute approximate surface area is 391 Å². The summed E-state index contributed by atoms with van der Waals surface area (Å²) >= 11 is 0. The molecule has 4 nitrogen and oxygen atoms in total. The standard InChI is InChI=1S/C63H44N4/c64-61(49-27-15-5-16-28-49)60(48-25-13-4-14-26-48)62-56-40-51(35-36-52(56)41-57(65-62)46-23-11-3-12-24-46)45-31-33-47(34-32-45)58-42-59(67-63(66-58)50-29-17-6-18-30-50)55-38-53(43-19-7-1-8-20-43)37-54(39-55)44-21-9-2-10-22-44/h1-42,64-65H/b62-60-,64-61?. The molecule has 0 fully saturated rings. The van der Waals surface area contributed by atoms with Gasteiger partial charge < -0.3 is 5.32 Å². The minimum absolute atomic E-state index is 0.450. The van der Waals surface area contributed by atoms with E-state index < -0.39 is 0 Å². The smallest absolute Gasteiger partial charge is 0.160 e. The van der Waals surface area contributed by atoms with Gasteiger partial charge >= 0.3 is 0 Å². The number of aromatic nitrogens is 2. The van der Waals surface area contributed by atoms with Gasteiger partial charge in [0.2, 0.25) is 0 Å². The lowest BCUT2D eigenvalue weighted by Crippen LogP contribution is -2.20. The van der Waals surface area contributed by atoms with Crippen molar-refractivity contribution in [2.45, 2.75) is 0 Å². The highest BCUT2D eigenvalue weighted by molar-refractivity contribution is 6.36. The lowest BCUT2D eigenvalue weighted by molar-refractivity contribution is 1.18. The summed E-state index contributed by atoms with van der Waals surface area (Å²) in [5.74, 6) is 0.670. The molecule has 0 amide bonds. The quantitative estimate of drug-likeness (QED) is 0.135. The molecule has 2 heterocycles. The Bertz CT molecular complexity index is 3380. The third-order valence-corrected chi connectivity index (χ3v) is 12.3. The first kappa shape index (κ1) is 40.8. The fourth-order valence-corrected chi connectivity index (χ4v) is 8.87. The van der Waals surface area contributed by atoms with Crippen molar-refractivity contribution in [1.82, 2.24) is 15.3 Å². The predicted octanol–water partition coefficient (Wildman–Crippen LogP) is 15.5. The molecular formula is C63H44N4. The average Bonchev–Trinajstić information content (AvgIpc) is 3.42. The number of nitrogens with one attached hydrogen (secondary N) is 2. The van der Waals surface area contributed by atoms with Crippen molar-refractivity contribution in [3.05, 3.63) is 277 Å². The van der Waals surface area contributed by atoms with Crippen LogP contribution in [0.2, 0.25) is 0 Å². The van der Waals surface area contributed by atoms with Crippen LogP contribution in [0.4, 0.5) is 0 Å². The predicted molar refractivity (Wildman–Crippen MR) is 279 cm³/mol. The second-order valence-electron chi connectivity index (χ2n) is 16.6. The minimum atomic E-state index is 0.450. The van der Waals surface area contributed by atoms with E-state index in [1.54, 1.807) is 0 Å². The van der Waals surface area contributed by atoms with Gasteiger partial charge in [-0.15, -0.1) is 0 Å². The monoisotopic (exact) mass is 856 g/mol. The van der Waals surface area contributed by atoms with Crippen molar-refractivity contribution in [3.63, 3.8) is 0 Å². The number of rotatable bonds is 10. The molecule has 0 spiro atoms. The molecule has 67 heavy (non-hydrogen) atoms. The molecule has 0 aliphatic carbocycles. The van der Waals surface area contributed by atoms with Crippen molar-refractivity contribution < 1.29 is 0 Å². The number of benzene rings is 9. The van der Waals surface area contributed by atoms with Crippen LogP contribution in [0.3, 0.4) is 0 Å². The second kappa shape index (κ2) is 18.2. The van der Waals surface area contributed by atoms with E-state index in [4.69, 9.17) is 9.97 Å². The molecule has 0 saturated carbocycles. The van der Waals surface area contributed by atoms with Crippen molar-refractivity contribution in [3.8, 4) is 67.3 Å². The summed E-state index contributed by atoms with van der Waals surface area (Å²) in [6.45, 7) is 0. The molecule has 1 aromatic heterocycles. The second-order valence-corrected chi connectivity index (χ2v) is 16.6. The maximum Gasteiger partial charge on any atom is 0.160 e. The zero-order valence-corrected chi connectivity index (χ0v) is 36.6. The van der Waals surface area contributed by atoms with Crippen LogP contribution in [0.25, 0.3) is 90.3 Å². The van der Waals surface area contributed by atoms with Gasteiger partial charge in [0.05, 0.1) is 22.8 Å². The molecule has 0 saturated heterocycles.